The number of halogens is 1. The molecule has 0 bridgehead atoms. The molecule has 104 valence electrons. The predicted octanol–water partition coefficient (Wildman–Crippen LogP) is -0.743. The summed E-state index contributed by atoms with van der Waals surface area (Å²) >= 11 is 0. The first-order valence-corrected chi connectivity index (χ1v) is 5.58. The van der Waals surface area contributed by atoms with Crippen molar-refractivity contribution in [1.29, 1.82) is 0 Å². The maximum absolute atomic E-state index is 13.0. The van der Waals surface area contributed by atoms with E-state index < -0.39 is 36.4 Å². The van der Waals surface area contributed by atoms with Gasteiger partial charge in [0, 0.05) is 6.42 Å². The highest BCUT2D eigenvalue weighted by Gasteiger charge is 2.23. The molecule has 0 saturated carbocycles. The number of carboxylic acid groups (broad SMARTS) is 1. The van der Waals surface area contributed by atoms with Gasteiger partial charge in [-0.1, -0.05) is 12.1 Å². The van der Waals surface area contributed by atoms with E-state index in [0.29, 0.717) is 5.56 Å². The quantitative estimate of drug-likeness (QED) is 0.543. The van der Waals surface area contributed by atoms with Crippen molar-refractivity contribution in [3.63, 3.8) is 0 Å². The maximum atomic E-state index is 13.0. The molecule has 0 aliphatic heterocycles. The molecule has 0 saturated heterocycles. The van der Waals surface area contributed by atoms with Gasteiger partial charge in [-0.05, 0) is 17.7 Å². The standard InChI is InChI=1S/C12H15FN2O4/c13-8-3-1-2-7(4-8)5-10(12(18)19)15-11(17)9(14)6-16/h1-4,9-10,16H,5-6,14H2,(H,15,17)(H,18,19)/t9-,10?/m0/s1. The predicted molar refractivity (Wildman–Crippen MR) is 64.7 cm³/mol. The van der Waals surface area contributed by atoms with E-state index in [4.69, 9.17) is 15.9 Å². The number of aliphatic carboxylic acids is 1. The van der Waals surface area contributed by atoms with Crippen LogP contribution in [0.1, 0.15) is 5.56 Å². The van der Waals surface area contributed by atoms with Gasteiger partial charge >= 0.3 is 5.97 Å². The third-order valence-electron chi connectivity index (χ3n) is 2.48. The zero-order chi connectivity index (χ0) is 14.4. The summed E-state index contributed by atoms with van der Waals surface area (Å²) in [5, 5.41) is 19.9. The molecule has 0 spiro atoms. The molecule has 0 radical (unpaired) electrons. The normalized spacial score (nSPS) is 13.6. The fourth-order valence-corrected chi connectivity index (χ4v) is 1.46. The number of hydrogen-bond acceptors (Lipinski definition) is 4. The molecule has 6 nitrogen and oxygen atoms in total. The summed E-state index contributed by atoms with van der Waals surface area (Å²) in [5.41, 5.74) is 5.70. The number of hydrogen-bond donors (Lipinski definition) is 4. The molecule has 1 amide bonds. The van der Waals surface area contributed by atoms with Gasteiger partial charge in [-0.15, -0.1) is 0 Å². The summed E-state index contributed by atoms with van der Waals surface area (Å²) in [7, 11) is 0. The van der Waals surface area contributed by atoms with Crippen molar-refractivity contribution in [2.24, 2.45) is 5.73 Å². The van der Waals surface area contributed by atoms with Gasteiger partial charge in [-0.25, -0.2) is 9.18 Å². The number of carboxylic acids is 1. The molecule has 0 aliphatic carbocycles. The lowest BCUT2D eigenvalue weighted by molar-refractivity contribution is -0.142. The first-order valence-electron chi connectivity index (χ1n) is 5.58. The Morgan fingerprint density at radius 3 is 2.63 bits per heavy atom. The first-order chi connectivity index (χ1) is 8.93. The van der Waals surface area contributed by atoms with Crippen LogP contribution < -0.4 is 11.1 Å². The zero-order valence-corrected chi connectivity index (χ0v) is 10.0. The van der Waals surface area contributed by atoms with Crippen LogP contribution in [0.4, 0.5) is 4.39 Å². The highest BCUT2D eigenvalue weighted by molar-refractivity contribution is 5.87. The number of nitrogens with two attached hydrogens (primary N) is 1. The molecule has 1 aromatic carbocycles. The van der Waals surface area contributed by atoms with Crippen molar-refractivity contribution < 1.29 is 24.2 Å². The second kappa shape index (κ2) is 6.81. The Morgan fingerprint density at radius 2 is 2.11 bits per heavy atom. The van der Waals surface area contributed by atoms with Crippen LogP contribution >= 0.6 is 0 Å². The maximum Gasteiger partial charge on any atom is 0.326 e. The lowest BCUT2D eigenvalue weighted by atomic mass is 10.1. The SMILES string of the molecule is N[C@@H](CO)C(=O)NC(Cc1cccc(F)c1)C(=O)O. The smallest absolute Gasteiger partial charge is 0.326 e. The van der Waals surface area contributed by atoms with Crippen LogP contribution in [0.5, 0.6) is 0 Å². The van der Waals surface area contributed by atoms with Gasteiger partial charge in [-0.2, -0.15) is 0 Å². The fourth-order valence-electron chi connectivity index (χ4n) is 1.46. The summed E-state index contributed by atoms with van der Waals surface area (Å²) in [6.45, 7) is -0.585. The van der Waals surface area contributed by atoms with Gasteiger partial charge in [0.25, 0.3) is 0 Å². The molecule has 0 aromatic heterocycles. The van der Waals surface area contributed by atoms with E-state index in [2.05, 4.69) is 5.32 Å². The second-order valence-electron chi connectivity index (χ2n) is 4.02. The largest absolute Gasteiger partial charge is 0.480 e. The highest BCUT2D eigenvalue weighted by atomic mass is 19.1. The highest BCUT2D eigenvalue weighted by Crippen LogP contribution is 2.07. The van der Waals surface area contributed by atoms with Gasteiger partial charge < -0.3 is 21.3 Å². The number of amides is 1. The molecule has 0 fully saturated rings. The van der Waals surface area contributed by atoms with Crippen LogP contribution in [-0.2, 0) is 16.0 Å². The fraction of sp³-hybridized carbons (Fsp3) is 0.333. The van der Waals surface area contributed by atoms with E-state index in [-0.39, 0.29) is 6.42 Å². The van der Waals surface area contributed by atoms with Crippen molar-refractivity contribution in [2.75, 3.05) is 6.61 Å². The van der Waals surface area contributed by atoms with Crippen molar-refractivity contribution in [2.45, 2.75) is 18.5 Å². The van der Waals surface area contributed by atoms with Gasteiger partial charge in [-0.3, -0.25) is 4.79 Å². The van der Waals surface area contributed by atoms with E-state index in [0.717, 1.165) is 0 Å². The second-order valence-corrected chi connectivity index (χ2v) is 4.02. The van der Waals surface area contributed by atoms with Crippen molar-refractivity contribution in [1.82, 2.24) is 5.32 Å². The Bertz CT molecular complexity index is 467. The molecule has 5 N–H and O–H groups in total. The molecule has 7 heteroatoms. The summed E-state index contributed by atoms with van der Waals surface area (Å²) in [6.07, 6.45) is -0.0724. The minimum Gasteiger partial charge on any atom is -0.480 e. The van der Waals surface area contributed by atoms with E-state index in [9.17, 15) is 14.0 Å². The molecule has 19 heavy (non-hydrogen) atoms. The lowest BCUT2D eigenvalue weighted by Gasteiger charge is -2.16. The monoisotopic (exact) mass is 270 g/mol. The van der Waals surface area contributed by atoms with Crippen LogP contribution in [0, 0.1) is 5.82 Å². The first kappa shape index (κ1) is 15.1. The average molecular weight is 270 g/mol. The minimum absolute atomic E-state index is 0.0724. The van der Waals surface area contributed by atoms with Crippen LogP contribution in [0.3, 0.4) is 0 Å². The van der Waals surface area contributed by atoms with E-state index in [1.807, 2.05) is 0 Å². The Balaban J connectivity index is 2.74. The number of aliphatic hydroxyl groups excluding tert-OH is 1. The van der Waals surface area contributed by atoms with Crippen LogP contribution in [0.25, 0.3) is 0 Å². The number of nitrogens with one attached hydrogen (secondary N) is 1. The van der Waals surface area contributed by atoms with Gasteiger partial charge in [0.2, 0.25) is 5.91 Å². The number of carbonyl (C=O) groups excluding carboxylic acids is 1. The van der Waals surface area contributed by atoms with E-state index >= 15 is 0 Å². The molecular formula is C12H15FN2O4. The van der Waals surface area contributed by atoms with Gasteiger partial charge in [0.05, 0.1) is 6.61 Å². The van der Waals surface area contributed by atoms with Crippen LogP contribution in [0.15, 0.2) is 24.3 Å². The zero-order valence-electron chi connectivity index (χ0n) is 10.0. The molecule has 1 unspecified atom stereocenters. The summed E-state index contributed by atoms with van der Waals surface area (Å²) in [5.74, 6) is -2.52. The summed E-state index contributed by atoms with van der Waals surface area (Å²) in [4.78, 5) is 22.4. The number of benzene rings is 1. The van der Waals surface area contributed by atoms with Crippen molar-refractivity contribution >= 4 is 11.9 Å². The van der Waals surface area contributed by atoms with E-state index in [1.165, 1.54) is 18.2 Å². The molecule has 2 atom stereocenters. The molecule has 0 aliphatic rings. The van der Waals surface area contributed by atoms with Gasteiger partial charge in [0.1, 0.15) is 17.9 Å². The minimum atomic E-state index is -1.26. The summed E-state index contributed by atoms with van der Waals surface area (Å²) < 4.78 is 13.0. The van der Waals surface area contributed by atoms with Crippen molar-refractivity contribution in [3.05, 3.63) is 35.6 Å². The Labute approximate surface area is 109 Å². The number of aliphatic hydroxyl groups is 1. The molecule has 1 rings (SSSR count). The Kier molecular flexibility index (Phi) is 5.40. The van der Waals surface area contributed by atoms with Crippen molar-refractivity contribution in [3.8, 4) is 0 Å². The van der Waals surface area contributed by atoms with E-state index in [1.54, 1.807) is 6.07 Å². The molecule has 0 heterocycles. The molecular weight excluding hydrogens is 255 g/mol. The topological polar surface area (TPSA) is 113 Å². The lowest BCUT2D eigenvalue weighted by Crippen LogP contribution is -2.50. The third kappa shape index (κ3) is 4.65. The number of carbonyl (C=O) groups is 2. The third-order valence-corrected chi connectivity index (χ3v) is 2.48. The average Bonchev–Trinajstić information content (AvgIpc) is 2.36. The Morgan fingerprint density at radius 1 is 1.42 bits per heavy atom. The van der Waals surface area contributed by atoms with Crippen LogP contribution in [-0.4, -0.2) is 40.8 Å². The summed E-state index contributed by atoms with van der Waals surface area (Å²) in [6, 6.07) is 3.01. The Hall–Kier alpha value is -1.99. The molecule has 1 aromatic rings. The van der Waals surface area contributed by atoms with Crippen LogP contribution in [0.2, 0.25) is 0 Å². The number of rotatable bonds is 6. The van der Waals surface area contributed by atoms with Gasteiger partial charge in [0.15, 0.2) is 0 Å².